The Balaban J connectivity index is 0.000000271. The molecule has 6 aromatic rings. The van der Waals surface area contributed by atoms with E-state index in [-0.39, 0.29) is 25.3 Å². The highest BCUT2D eigenvalue weighted by molar-refractivity contribution is 5.68. The lowest BCUT2D eigenvalue weighted by Crippen LogP contribution is -3.00. The van der Waals surface area contributed by atoms with Crippen molar-refractivity contribution in [3.8, 4) is 45.5 Å². The van der Waals surface area contributed by atoms with Crippen molar-refractivity contribution >= 4 is 22.9 Å². The fraction of sp³-hybridized carbons (Fsp3) is 0.135. The first kappa shape index (κ1) is 37.5. The van der Waals surface area contributed by atoms with Gasteiger partial charge in [0.25, 0.3) is 0 Å². The van der Waals surface area contributed by atoms with Gasteiger partial charge < -0.3 is 37.1 Å². The summed E-state index contributed by atoms with van der Waals surface area (Å²) in [5.74, 6) is 3.01. The largest absolute Gasteiger partial charge is 1.00 e. The van der Waals surface area contributed by atoms with Crippen molar-refractivity contribution in [2.45, 2.75) is 6.42 Å². The van der Waals surface area contributed by atoms with Gasteiger partial charge in [0.2, 0.25) is 5.82 Å². The van der Waals surface area contributed by atoms with E-state index in [1.807, 2.05) is 72.8 Å². The molecular formula is C37H38ClN7O6. The molecule has 6 rings (SSSR count). The van der Waals surface area contributed by atoms with Gasteiger partial charge in [-0.2, -0.15) is 4.98 Å². The average molecular weight is 712 g/mol. The van der Waals surface area contributed by atoms with E-state index in [0.29, 0.717) is 40.8 Å². The third-order valence-corrected chi connectivity index (χ3v) is 7.57. The summed E-state index contributed by atoms with van der Waals surface area (Å²) < 4.78 is 21.0. The van der Waals surface area contributed by atoms with Crippen LogP contribution in [0.1, 0.15) is 12.7 Å². The number of hydrogen-bond acceptors (Lipinski definition) is 11. The minimum absolute atomic E-state index is 0. The van der Waals surface area contributed by atoms with Crippen LogP contribution in [-0.4, -0.2) is 53.3 Å². The zero-order chi connectivity index (χ0) is 35.5. The zero-order valence-electron chi connectivity index (χ0n) is 28.3. The number of nitro groups is 1. The molecule has 0 aliphatic heterocycles. The molecule has 0 bridgehead atoms. The Morgan fingerprint density at radius 3 is 1.84 bits per heavy atom. The topological polar surface area (TPSA) is 174 Å². The molecule has 4 aromatic carbocycles. The standard InChI is InChI=1S/C19H19N3O2.C18H16N4O4.ClH.H2/c1-23-18-6-4-3-5-15(18)17-11-14(21-12-22-17)9-13-7-8-19(24-2)16(20)10-13;1-25-16-6-4-3-5-13(16)14-10-18(20-11-19-14)21-12-7-8-17(26-2)15(9-12)22(23)24;;/h3-8,10-12H,9,20H2,1-2H3;3-11H,1-2H3,(H,19,20,21);2*1H. The van der Waals surface area contributed by atoms with Crippen LogP contribution in [0, 0.1) is 10.1 Å². The number of benzene rings is 4. The summed E-state index contributed by atoms with van der Waals surface area (Å²) in [6.45, 7) is 0. The van der Waals surface area contributed by atoms with E-state index in [1.165, 1.54) is 19.5 Å². The number of ether oxygens (including phenoxy) is 4. The Bertz CT molecular complexity index is 2110. The molecule has 51 heavy (non-hydrogen) atoms. The van der Waals surface area contributed by atoms with Gasteiger partial charge in [-0.25, -0.2) is 15.0 Å². The van der Waals surface area contributed by atoms with Crippen LogP contribution in [0.4, 0.5) is 22.9 Å². The maximum Gasteiger partial charge on any atom is 0.316 e. The van der Waals surface area contributed by atoms with Gasteiger partial charge in [-0.15, -0.1) is 0 Å². The number of quaternary nitrogens is 1. The Labute approximate surface area is 302 Å². The lowest BCUT2D eigenvalue weighted by atomic mass is 10.1. The summed E-state index contributed by atoms with van der Waals surface area (Å²) in [6.07, 6.45) is 3.69. The summed E-state index contributed by atoms with van der Waals surface area (Å²) in [4.78, 5) is 27.9. The van der Waals surface area contributed by atoms with E-state index < -0.39 is 4.92 Å². The Morgan fingerprint density at radius 1 is 0.686 bits per heavy atom. The number of rotatable bonds is 11. The Hall–Kier alpha value is -6.31. The lowest BCUT2D eigenvalue weighted by Gasteiger charge is -2.09. The van der Waals surface area contributed by atoms with E-state index in [1.54, 1.807) is 51.2 Å². The summed E-state index contributed by atoms with van der Waals surface area (Å²) in [5, 5.41) is 12.9. The van der Waals surface area contributed by atoms with Gasteiger partial charge in [-0.1, -0.05) is 30.3 Å². The molecule has 0 fully saturated rings. The van der Waals surface area contributed by atoms with E-state index in [4.69, 9.17) is 24.7 Å². The summed E-state index contributed by atoms with van der Waals surface area (Å²) in [7, 11) is 6.26. The monoisotopic (exact) mass is 711 g/mol. The minimum Gasteiger partial charge on any atom is -1.00 e. The van der Waals surface area contributed by atoms with Crippen molar-refractivity contribution < 1.29 is 43.0 Å². The molecule has 13 nitrogen and oxygen atoms in total. The smallest absolute Gasteiger partial charge is 0.316 e. The number of aromatic nitrogens is 4. The highest BCUT2D eigenvalue weighted by Crippen LogP contribution is 2.31. The number of nitrogen functional groups attached to an aromatic ring is 1. The van der Waals surface area contributed by atoms with Gasteiger partial charge in [0.1, 0.15) is 35.6 Å². The molecule has 4 N–H and O–H groups in total. The number of halogens is 1. The molecule has 2 heterocycles. The normalized spacial score (nSPS) is 10.2. The van der Waals surface area contributed by atoms with Gasteiger partial charge in [0, 0.05) is 36.8 Å². The molecule has 14 heteroatoms. The van der Waals surface area contributed by atoms with Crippen LogP contribution < -0.4 is 42.4 Å². The second-order valence-electron chi connectivity index (χ2n) is 10.7. The first-order valence-corrected chi connectivity index (χ1v) is 15.3. The molecule has 0 radical (unpaired) electrons. The molecule has 264 valence electrons. The fourth-order valence-electron chi connectivity index (χ4n) is 5.17. The molecule has 0 unspecified atom stereocenters. The van der Waals surface area contributed by atoms with E-state index in [2.05, 4.69) is 19.9 Å². The predicted octanol–water partition coefficient (Wildman–Crippen LogP) is 3.18. The zero-order valence-corrected chi connectivity index (χ0v) is 29.1. The molecule has 0 aliphatic rings. The lowest BCUT2D eigenvalue weighted by molar-refractivity contribution is -0.483. The highest BCUT2D eigenvalue weighted by atomic mass is 35.5. The van der Waals surface area contributed by atoms with E-state index >= 15 is 0 Å². The quantitative estimate of drug-likeness (QED) is 0.115. The van der Waals surface area contributed by atoms with Crippen molar-refractivity contribution in [3.63, 3.8) is 0 Å². The Morgan fingerprint density at radius 2 is 1.25 bits per heavy atom. The van der Waals surface area contributed by atoms with Crippen LogP contribution in [0.15, 0.2) is 110 Å². The van der Waals surface area contributed by atoms with Gasteiger partial charge in [0.05, 0.1) is 56.5 Å². The highest BCUT2D eigenvalue weighted by Gasteiger charge is 2.18. The van der Waals surface area contributed by atoms with E-state index in [0.717, 1.165) is 33.8 Å². The molecule has 0 atom stereocenters. The van der Waals surface area contributed by atoms with Gasteiger partial charge >= 0.3 is 5.69 Å². The molecule has 0 saturated carbocycles. The second kappa shape index (κ2) is 17.9. The van der Waals surface area contributed by atoms with Crippen molar-refractivity contribution in [2.75, 3.05) is 34.2 Å². The van der Waals surface area contributed by atoms with Crippen molar-refractivity contribution in [1.29, 1.82) is 0 Å². The third kappa shape index (κ3) is 9.44. The minimum atomic E-state index is -0.476. The van der Waals surface area contributed by atoms with Crippen molar-refractivity contribution in [1.82, 2.24) is 19.9 Å². The maximum absolute atomic E-state index is 11.2. The number of nitrogens with two attached hydrogens (primary N) is 2. The molecule has 0 spiro atoms. The average Bonchev–Trinajstić information content (AvgIpc) is 3.15. The molecular weight excluding hydrogens is 674 g/mol. The first-order chi connectivity index (χ1) is 24.3. The van der Waals surface area contributed by atoms with Crippen LogP contribution in [0.25, 0.3) is 22.5 Å². The summed E-state index contributed by atoms with van der Waals surface area (Å²) >= 11 is 0. The summed E-state index contributed by atoms with van der Waals surface area (Å²) in [6, 6.07) is 29.6. The summed E-state index contributed by atoms with van der Waals surface area (Å²) in [5.41, 5.74) is 12.4. The van der Waals surface area contributed by atoms with Crippen LogP contribution in [0.5, 0.6) is 23.0 Å². The molecule has 0 amide bonds. The molecule has 0 aliphatic carbocycles. The van der Waals surface area contributed by atoms with Crippen LogP contribution in [0.2, 0.25) is 0 Å². The van der Waals surface area contributed by atoms with Crippen LogP contribution in [-0.2, 0) is 6.42 Å². The van der Waals surface area contributed by atoms with Gasteiger partial charge in [0.15, 0.2) is 5.75 Å². The fourth-order valence-corrected chi connectivity index (χ4v) is 5.17. The van der Waals surface area contributed by atoms with Crippen molar-refractivity contribution in [2.24, 2.45) is 0 Å². The number of anilines is 1. The van der Waals surface area contributed by atoms with Crippen LogP contribution >= 0.6 is 0 Å². The number of hydrogen-bond donors (Lipinski definition) is 2. The predicted molar refractivity (Wildman–Crippen MR) is 191 cm³/mol. The van der Waals surface area contributed by atoms with Gasteiger partial charge in [-0.3, -0.25) is 15.4 Å². The number of nitrogens with zero attached hydrogens (tertiary/aromatic N) is 5. The van der Waals surface area contributed by atoms with Gasteiger partial charge in [-0.05, 0) is 54.1 Å². The van der Waals surface area contributed by atoms with E-state index in [9.17, 15) is 10.1 Å². The number of nitro benzene ring substituents is 1. The maximum atomic E-state index is 11.2. The second-order valence-corrected chi connectivity index (χ2v) is 10.7. The third-order valence-electron chi connectivity index (χ3n) is 7.57. The van der Waals surface area contributed by atoms with Crippen molar-refractivity contribution in [3.05, 3.63) is 131 Å². The molecule has 2 aromatic heterocycles. The SMILES string of the molecule is COc1ccc(Cc2cc(-c3ccccc3OC)ncn2)cc1N.COc1ccccc1-c1cc([NH2+]c2ccc(OC)c([N+](=O)[O-])c2)ncn1.[Cl-].[HH]. The first-order valence-electron chi connectivity index (χ1n) is 15.3. The van der Waals surface area contributed by atoms with Crippen LogP contribution in [0.3, 0.4) is 0 Å². The Kier molecular flexibility index (Phi) is 13.2. The number of para-hydroxylation sites is 2. The molecule has 0 saturated heterocycles. The number of methoxy groups -OCH3 is 4.